The highest BCUT2D eigenvalue weighted by atomic mass is 35.5. The van der Waals surface area contributed by atoms with Crippen molar-refractivity contribution < 1.29 is 14.4 Å². The molecule has 1 spiro atoms. The van der Waals surface area contributed by atoms with Crippen LogP contribution in [0.3, 0.4) is 0 Å². The Bertz CT molecular complexity index is 1100. The van der Waals surface area contributed by atoms with Crippen molar-refractivity contribution in [3.05, 3.63) is 64.7 Å². The molecule has 3 heterocycles. The second-order valence-electron chi connectivity index (χ2n) is 9.40. The molecule has 3 aliphatic heterocycles. The number of imide groups is 1. The van der Waals surface area contributed by atoms with E-state index in [2.05, 4.69) is 24.5 Å². The number of fused-ring (bicyclic) bond motifs is 4. The number of anilines is 1. The number of amides is 3. The van der Waals surface area contributed by atoms with Gasteiger partial charge in [0.2, 0.25) is 17.7 Å². The number of nitrogens with zero attached hydrogens (tertiary/aromatic N) is 1. The van der Waals surface area contributed by atoms with Crippen LogP contribution in [0.15, 0.2) is 48.5 Å². The molecule has 2 saturated heterocycles. The summed E-state index contributed by atoms with van der Waals surface area (Å²) in [6.45, 7) is 4.47. The summed E-state index contributed by atoms with van der Waals surface area (Å²) < 4.78 is 0. The van der Waals surface area contributed by atoms with E-state index in [1.165, 1.54) is 4.90 Å². The standard InChI is InChI=1S/C25H26ClN3O3/c1-14(2)12-19-20-21(23(31)29(22(20)30)11-10-15-6-4-3-5-7-15)25(28-19)17-13-16(26)8-9-18(17)27-24(25)32/h3-9,13-14,19-21,28H,10-12H2,1-2H3,(H,27,32)/t19-,20-,21+,25-/m1/s1. The van der Waals surface area contributed by atoms with Gasteiger partial charge in [-0.15, -0.1) is 0 Å². The van der Waals surface area contributed by atoms with E-state index < -0.39 is 17.4 Å². The van der Waals surface area contributed by atoms with Crippen LogP contribution < -0.4 is 10.6 Å². The quantitative estimate of drug-likeness (QED) is 0.683. The molecular weight excluding hydrogens is 426 g/mol. The van der Waals surface area contributed by atoms with Crippen molar-refractivity contribution in [3.63, 3.8) is 0 Å². The van der Waals surface area contributed by atoms with Gasteiger partial charge in [-0.1, -0.05) is 55.8 Å². The van der Waals surface area contributed by atoms with Crippen molar-refractivity contribution in [1.82, 2.24) is 10.2 Å². The Hall–Kier alpha value is -2.70. The van der Waals surface area contributed by atoms with Crippen LogP contribution in [-0.2, 0) is 26.3 Å². The smallest absolute Gasteiger partial charge is 0.250 e. The number of nitrogens with one attached hydrogen (secondary N) is 2. The van der Waals surface area contributed by atoms with Gasteiger partial charge in [-0.05, 0) is 42.5 Å². The number of benzene rings is 2. The summed E-state index contributed by atoms with van der Waals surface area (Å²) in [5, 5.41) is 6.85. The third kappa shape index (κ3) is 3.08. The van der Waals surface area contributed by atoms with Crippen molar-refractivity contribution in [3.8, 4) is 0 Å². The van der Waals surface area contributed by atoms with Crippen LogP contribution in [0.4, 0.5) is 5.69 Å². The van der Waals surface area contributed by atoms with Gasteiger partial charge >= 0.3 is 0 Å². The minimum Gasteiger partial charge on any atom is -0.324 e. The topological polar surface area (TPSA) is 78.5 Å². The summed E-state index contributed by atoms with van der Waals surface area (Å²) >= 11 is 6.28. The highest BCUT2D eigenvalue weighted by molar-refractivity contribution is 6.31. The molecule has 3 amide bonds. The number of halogens is 1. The van der Waals surface area contributed by atoms with Crippen molar-refractivity contribution in [2.45, 2.75) is 38.3 Å². The summed E-state index contributed by atoms with van der Waals surface area (Å²) in [5.41, 5.74) is 1.08. The third-order valence-corrected chi connectivity index (χ3v) is 7.20. The maximum absolute atomic E-state index is 13.7. The lowest BCUT2D eigenvalue weighted by atomic mass is 9.76. The van der Waals surface area contributed by atoms with Gasteiger partial charge in [0, 0.05) is 28.9 Å². The number of rotatable bonds is 5. The van der Waals surface area contributed by atoms with Gasteiger partial charge in [0.15, 0.2) is 0 Å². The second-order valence-corrected chi connectivity index (χ2v) is 9.84. The summed E-state index contributed by atoms with van der Waals surface area (Å²) in [7, 11) is 0. The van der Waals surface area contributed by atoms with Crippen molar-refractivity contribution in [2.24, 2.45) is 17.8 Å². The molecule has 32 heavy (non-hydrogen) atoms. The lowest BCUT2D eigenvalue weighted by Crippen LogP contribution is -2.53. The van der Waals surface area contributed by atoms with Gasteiger partial charge in [0.05, 0.1) is 11.8 Å². The second kappa shape index (κ2) is 7.71. The minimum atomic E-state index is -1.28. The van der Waals surface area contributed by atoms with Gasteiger partial charge in [0.1, 0.15) is 5.54 Å². The van der Waals surface area contributed by atoms with E-state index in [1.54, 1.807) is 18.2 Å². The molecule has 7 heteroatoms. The lowest BCUT2D eigenvalue weighted by Gasteiger charge is -2.30. The Labute approximate surface area is 192 Å². The van der Waals surface area contributed by atoms with Crippen LogP contribution in [0.5, 0.6) is 0 Å². The molecule has 0 radical (unpaired) electrons. The van der Waals surface area contributed by atoms with Gasteiger partial charge in [-0.25, -0.2) is 0 Å². The maximum Gasteiger partial charge on any atom is 0.250 e. The normalized spacial score (nSPS) is 28.6. The molecule has 2 aromatic carbocycles. The first-order valence-corrected chi connectivity index (χ1v) is 11.5. The molecule has 2 fully saturated rings. The molecule has 166 valence electrons. The molecule has 5 rings (SSSR count). The highest BCUT2D eigenvalue weighted by Crippen LogP contribution is 2.54. The van der Waals surface area contributed by atoms with Crippen LogP contribution in [0.1, 0.15) is 31.4 Å². The zero-order chi connectivity index (χ0) is 22.6. The Morgan fingerprint density at radius 1 is 1.06 bits per heavy atom. The Morgan fingerprint density at radius 2 is 1.81 bits per heavy atom. The Morgan fingerprint density at radius 3 is 2.53 bits per heavy atom. The molecule has 0 aliphatic carbocycles. The van der Waals surface area contributed by atoms with Crippen LogP contribution in [0.25, 0.3) is 0 Å². The van der Waals surface area contributed by atoms with Crippen LogP contribution >= 0.6 is 11.6 Å². The fourth-order valence-electron chi connectivity index (χ4n) is 5.65. The van der Waals surface area contributed by atoms with E-state index >= 15 is 0 Å². The zero-order valence-corrected chi connectivity index (χ0v) is 18.9. The molecule has 0 saturated carbocycles. The average molecular weight is 452 g/mol. The van der Waals surface area contributed by atoms with Crippen LogP contribution in [0.2, 0.25) is 5.02 Å². The zero-order valence-electron chi connectivity index (χ0n) is 18.1. The van der Waals surface area contributed by atoms with E-state index in [1.807, 2.05) is 30.3 Å². The van der Waals surface area contributed by atoms with E-state index in [4.69, 9.17) is 11.6 Å². The van der Waals surface area contributed by atoms with Gasteiger partial charge in [0.25, 0.3) is 0 Å². The first-order valence-electron chi connectivity index (χ1n) is 11.1. The predicted octanol–water partition coefficient (Wildman–Crippen LogP) is 3.35. The molecular formula is C25H26ClN3O3. The van der Waals surface area contributed by atoms with E-state index in [0.29, 0.717) is 41.6 Å². The van der Waals surface area contributed by atoms with E-state index in [0.717, 1.165) is 5.56 Å². The van der Waals surface area contributed by atoms with Crippen molar-refractivity contribution in [1.29, 1.82) is 0 Å². The largest absolute Gasteiger partial charge is 0.324 e. The molecule has 4 atom stereocenters. The molecule has 0 aromatic heterocycles. The van der Waals surface area contributed by atoms with Crippen molar-refractivity contribution in [2.75, 3.05) is 11.9 Å². The molecule has 2 N–H and O–H groups in total. The number of likely N-dealkylation sites (tertiary alicyclic amines) is 1. The molecule has 0 bridgehead atoms. The number of carbonyl (C=O) groups excluding carboxylic acids is 3. The molecule has 3 aliphatic rings. The fraction of sp³-hybridized carbons (Fsp3) is 0.400. The lowest BCUT2D eigenvalue weighted by molar-refractivity contribution is -0.142. The fourth-order valence-corrected chi connectivity index (χ4v) is 5.82. The van der Waals surface area contributed by atoms with Crippen LogP contribution in [-0.4, -0.2) is 35.2 Å². The van der Waals surface area contributed by atoms with Crippen LogP contribution in [0, 0.1) is 17.8 Å². The summed E-state index contributed by atoms with van der Waals surface area (Å²) in [6.07, 6.45) is 1.28. The summed E-state index contributed by atoms with van der Waals surface area (Å²) in [4.78, 5) is 42.0. The molecule has 2 aromatic rings. The summed E-state index contributed by atoms with van der Waals surface area (Å²) in [5.74, 6) is -1.81. The third-order valence-electron chi connectivity index (χ3n) is 6.96. The first kappa shape index (κ1) is 21.2. The first-order chi connectivity index (χ1) is 15.3. The highest BCUT2D eigenvalue weighted by Gasteiger charge is 2.70. The number of hydrogen-bond acceptors (Lipinski definition) is 4. The monoisotopic (exact) mass is 451 g/mol. The number of carbonyl (C=O) groups is 3. The van der Waals surface area contributed by atoms with E-state index in [-0.39, 0.29) is 23.8 Å². The van der Waals surface area contributed by atoms with E-state index in [9.17, 15) is 14.4 Å². The SMILES string of the molecule is CC(C)C[C@H]1N[C@@]2(C(=O)Nc3ccc(Cl)cc32)[C@@H]2C(=O)N(CCc3ccccc3)C(=O)[C@@H]21. The van der Waals surface area contributed by atoms with Crippen molar-refractivity contribution >= 4 is 35.0 Å². The Balaban J connectivity index is 1.54. The Kier molecular flexibility index (Phi) is 5.10. The molecule has 6 nitrogen and oxygen atoms in total. The van der Waals surface area contributed by atoms with Gasteiger partial charge in [-0.2, -0.15) is 0 Å². The maximum atomic E-state index is 13.7. The van der Waals surface area contributed by atoms with Gasteiger partial charge in [-0.3, -0.25) is 24.6 Å². The predicted molar refractivity (Wildman–Crippen MR) is 122 cm³/mol. The van der Waals surface area contributed by atoms with Gasteiger partial charge < -0.3 is 5.32 Å². The molecule has 0 unspecified atom stereocenters. The average Bonchev–Trinajstić information content (AvgIpc) is 3.32. The summed E-state index contributed by atoms with van der Waals surface area (Å²) in [6, 6.07) is 14.7. The minimum absolute atomic E-state index is 0.186. The number of hydrogen-bond donors (Lipinski definition) is 2.